The second kappa shape index (κ2) is 2.97. The second-order valence-electron chi connectivity index (χ2n) is 2.95. The van der Waals surface area contributed by atoms with Crippen LogP contribution in [-0.4, -0.2) is 16.1 Å². The van der Waals surface area contributed by atoms with E-state index in [4.69, 9.17) is 10.5 Å². The van der Waals surface area contributed by atoms with Crippen LogP contribution in [0, 0.1) is 0 Å². The van der Waals surface area contributed by atoms with Crippen molar-refractivity contribution in [2.24, 2.45) is 0 Å². The van der Waals surface area contributed by atoms with Gasteiger partial charge in [0.05, 0.1) is 12.4 Å². The van der Waals surface area contributed by atoms with Crippen molar-refractivity contribution >= 4 is 5.82 Å². The van der Waals surface area contributed by atoms with Gasteiger partial charge in [-0.3, -0.25) is 0 Å². The molecule has 1 aliphatic rings. The van der Waals surface area contributed by atoms with Crippen LogP contribution in [0.25, 0.3) is 0 Å². The Morgan fingerprint density at radius 2 is 2.17 bits per heavy atom. The maximum atomic E-state index is 5.48. The summed E-state index contributed by atoms with van der Waals surface area (Å²) in [5.41, 5.74) is 5.37. The molecule has 1 aromatic heterocycles. The van der Waals surface area contributed by atoms with E-state index in [0.717, 1.165) is 12.8 Å². The number of rotatable bonds is 2. The van der Waals surface area contributed by atoms with Crippen LogP contribution in [0.1, 0.15) is 19.3 Å². The Kier molecular flexibility index (Phi) is 1.81. The van der Waals surface area contributed by atoms with Gasteiger partial charge >= 0.3 is 0 Å². The van der Waals surface area contributed by atoms with Gasteiger partial charge in [0.2, 0.25) is 5.88 Å². The molecule has 64 valence electrons. The number of hydrogen-bond acceptors (Lipinski definition) is 4. The predicted molar refractivity (Wildman–Crippen MR) is 44.7 cm³/mol. The van der Waals surface area contributed by atoms with E-state index in [1.54, 1.807) is 6.20 Å². The van der Waals surface area contributed by atoms with E-state index < -0.39 is 0 Å². The molecule has 0 amide bonds. The number of nitrogen functional groups attached to an aromatic ring is 1. The van der Waals surface area contributed by atoms with Gasteiger partial charge in [0.1, 0.15) is 11.9 Å². The fourth-order valence-electron chi connectivity index (χ4n) is 1.05. The van der Waals surface area contributed by atoms with Crippen molar-refractivity contribution < 1.29 is 4.74 Å². The molecule has 0 aromatic carbocycles. The number of anilines is 1. The first-order valence-corrected chi connectivity index (χ1v) is 4.09. The van der Waals surface area contributed by atoms with E-state index in [2.05, 4.69) is 9.97 Å². The van der Waals surface area contributed by atoms with Gasteiger partial charge in [-0.1, -0.05) is 0 Å². The summed E-state index contributed by atoms with van der Waals surface area (Å²) in [6.07, 6.45) is 6.94. The third kappa shape index (κ3) is 1.47. The van der Waals surface area contributed by atoms with Crippen molar-refractivity contribution in [3.8, 4) is 5.88 Å². The highest BCUT2D eigenvalue weighted by Crippen LogP contribution is 2.23. The zero-order valence-electron chi connectivity index (χ0n) is 6.73. The molecule has 1 aliphatic carbocycles. The van der Waals surface area contributed by atoms with E-state index in [9.17, 15) is 0 Å². The molecule has 0 spiro atoms. The van der Waals surface area contributed by atoms with Crippen LogP contribution in [0.4, 0.5) is 5.82 Å². The fourth-order valence-corrected chi connectivity index (χ4v) is 1.05. The van der Waals surface area contributed by atoms with Gasteiger partial charge in [0.25, 0.3) is 0 Å². The molecule has 4 nitrogen and oxygen atoms in total. The number of ether oxygens (including phenoxy) is 1. The van der Waals surface area contributed by atoms with Crippen LogP contribution in [0.3, 0.4) is 0 Å². The molecule has 12 heavy (non-hydrogen) atoms. The fraction of sp³-hybridized carbons (Fsp3) is 0.500. The molecule has 1 aromatic rings. The van der Waals surface area contributed by atoms with E-state index in [1.807, 2.05) is 0 Å². The Bertz CT molecular complexity index is 256. The summed E-state index contributed by atoms with van der Waals surface area (Å²) in [7, 11) is 0. The van der Waals surface area contributed by atoms with Gasteiger partial charge in [-0.15, -0.1) is 0 Å². The number of aromatic nitrogens is 2. The molecule has 0 aliphatic heterocycles. The molecule has 2 N–H and O–H groups in total. The normalized spacial score (nSPS) is 17.0. The third-order valence-corrected chi connectivity index (χ3v) is 1.99. The topological polar surface area (TPSA) is 61.0 Å². The lowest BCUT2D eigenvalue weighted by atomic mass is 9.96. The molecule has 0 radical (unpaired) electrons. The number of nitrogens with zero attached hydrogens (tertiary/aromatic N) is 2. The first-order chi connectivity index (χ1) is 5.84. The Hall–Kier alpha value is -1.32. The van der Waals surface area contributed by atoms with Crippen LogP contribution in [0.5, 0.6) is 5.88 Å². The summed E-state index contributed by atoms with van der Waals surface area (Å²) in [5.74, 6) is 1.00. The molecule has 0 unspecified atom stereocenters. The summed E-state index contributed by atoms with van der Waals surface area (Å²) in [6, 6.07) is 0. The Labute approximate surface area is 70.8 Å². The maximum absolute atomic E-state index is 5.48. The highest BCUT2D eigenvalue weighted by Gasteiger charge is 2.19. The van der Waals surface area contributed by atoms with Gasteiger partial charge < -0.3 is 10.5 Å². The molecule has 2 rings (SSSR count). The highest BCUT2D eigenvalue weighted by atomic mass is 16.5. The van der Waals surface area contributed by atoms with Crippen LogP contribution in [0.2, 0.25) is 0 Å². The highest BCUT2D eigenvalue weighted by molar-refractivity contribution is 5.24. The molecular formula is C8H11N3O. The van der Waals surface area contributed by atoms with Gasteiger partial charge in [-0.25, -0.2) is 9.97 Å². The van der Waals surface area contributed by atoms with Gasteiger partial charge in [-0.05, 0) is 19.3 Å². The standard InChI is InChI=1S/C8H11N3O/c9-7-4-11-8(5-10-7)12-6-2-1-3-6/h4-6H,1-3H2,(H2,9,10). The number of hydrogen-bond donors (Lipinski definition) is 1. The van der Waals surface area contributed by atoms with Gasteiger partial charge in [-0.2, -0.15) is 0 Å². The van der Waals surface area contributed by atoms with Crippen LogP contribution < -0.4 is 10.5 Å². The van der Waals surface area contributed by atoms with Crippen molar-refractivity contribution in [3.63, 3.8) is 0 Å². The molecule has 1 heterocycles. The monoisotopic (exact) mass is 165 g/mol. The lowest BCUT2D eigenvalue weighted by molar-refractivity contribution is 0.114. The molecule has 4 heteroatoms. The SMILES string of the molecule is Nc1cnc(OC2CCC2)cn1. The van der Waals surface area contributed by atoms with Crippen molar-refractivity contribution in [1.82, 2.24) is 9.97 Å². The average molecular weight is 165 g/mol. The molecule has 0 saturated heterocycles. The van der Waals surface area contributed by atoms with Crippen molar-refractivity contribution in [3.05, 3.63) is 12.4 Å². The van der Waals surface area contributed by atoms with Crippen molar-refractivity contribution in [2.45, 2.75) is 25.4 Å². The summed E-state index contributed by atoms with van der Waals surface area (Å²) in [6.45, 7) is 0. The van der Waals surface area contributed by atoms with Crippen molar-refractivity contribution in [1.29, 1.82) is 0 Å². The van der Waals surface area contributed by atoms with Crippen LogP contribution in [-0.2, 0) is 0 Å². The van der Waals surface area contributed by atoms with E-state index in [0.29, 0.717) is 17.8 Å². The minimum absolute atomic E-state index is 0.350. The zero-order valence-corrected chi connectivity index (χ0v) is 6.73. The Morgan fingerprint density at radius 1 is 1.33 bits per heavy atom. The predicted octanol–water partition coefficient (Wildman–Crippen LogP) is 0.990. The summed E-state index contributed by atoms with van der Waals surface area (Å²) in [5, 5.41) is 0. The van der Waals surface area contributed by atoms with Crippen LogP contribution >= 0.6 is 0 Å². The minimum Gasteiger partial charge on any atom is -0.473 e. The van der Waals surface area contributed by atoms with Gasteiger partial charge in [0, 0.05) is 0 Å². The summed E-state index contributed by atoms with van der Waals surface area (Å²) in [4.78, 5) is 7.87. The third-order valence-electron chi connectivity index (χ3n) is 1.99. The second-order valence-corrected chi connectivity index (χ2v) is 2.95. The lowest BCUT2D eigenvalue weighted by Crippen LogP contribution is -2.25. The van der Waals surface area contributed by atoms with Gasteiger partial charge in [0.15, 0.2) is 0 Å². The summed E-state index contributed by atoms with van der Waals surface area (Å²) >= 11 is 0. The Balaban J connectivity index is 1.98. The van der Waals surface area contributed by atoms with Crippen LogP contribution in [0.15, 0.2) is 12.4 Å². The minimum atomic E-state index is 0.350. The van der Waals surface area contributed by atoms with Crippen molar-refractivity contribution in [2.75, 3.05) is 5.73 Å². The molecule has 0 atom stereocenters. The molecule has 0 bridgehead atoms. The zero-order chi connectivity index (χ0) is 8.39. The quantitative estimate of drug-likeness (QED) is 0.709. The summed E-state index contributed by atoms with van der Waals surface area (Å²) < 4.78 is 5.48. The molecular weight excluding hydrogens is 154 g/mol. The molecule has 1 fully saturated rings. The first-order valence-electron chi connectivity index (χ1n) is 4.09. The Morgan fingerprint density at radius 3 is 2.67 bits per heavy atom. The van der Waals surface area contributed by atoms with E-state index >= 15 is 0 Å². The lowest BCUT2D eigenvalue weighted by Gasteiger charge is -2.25. The van der Waals surface area contributed by atoms with E-state index in [-0.39, 0.29) is 0 Å². The first kappa shape index (κ1) is 7.34. The number of nitrogens with two attached hydrogens (primary N) is 1. The van der Waals surface area contributed by atoms with E-state index in [1.165, 1.54) is 12.6 Å². The average Bonchev–Trinajstić information content (AvgIpc) is 2.00. The smallest absolute Gasteiger partial charge is 0.232 e. The maximum Gasteiger partial charge on any atom is 0.232 e. The molecule has 1 saturated carbocycles. The largest absolute Gasteiger partial charge is 0.473 e.